The largest absolute Gasteiger partial charge is 0.376 e. The average Bonchev–Trinajstić information content (AvgIpc) is 3.52. The molecule has 0 unspecified atom stereocenters. The van der Waals surface area contributed by atoms with Crippen LogP contribution in [0.2, 0.25) is 0 Å². The van der Waals surface area contributed by atoms with Crippen molar-refractivity contribution in [2.24, 2.45) is 0 Å². The monoisotopic (exact) mass is 419 g/mol. The predicted octanol–water partition coefficient (Wildman–Crippen LogP) is 3.63. The van der Waals surface area contributed by atoms with Crippen molar-refractivity contribution in [3.05, 3.63) is 84.2 Å². The van der Waals surface area contributed by atoms with Crippen LogP contribution in [-0.4, -0.2) is 37.3 Å². The highest BCUT2D eigenvalue weighted by atomic mass is 32.1. The number of nitrogens with zero attached hydrogens (tertiary/aromatic N) is 4. The molecule has 3 aromatic heterocycles. The molecule has 0 aliphatic carbocycles. The van der Waals surface area contributed by atoms with E-state index in [-0.39, 0.29) is 18.2 Å². The Bertz CT molecular complexity index is 987. The van der Waals surface area contributed by atoms with E-state index in [1.807, 2.05) is 30.6 Å². The van der Waals surface area contributed by atoms with Crippen LogP contribution in [0.1, 0.15) is 41.9 Å². The van der Waals surface area contributed by atoms with Gasteiger partial charge in [-0.1, -0.05) is 12.1 Å². The van der Waals surface area contributed by atoms with Crippen LogP contribution in [-0.2, 0) is 17.8 Å². The number of thiocarbonyl (C=S) groups is 1. The normalized spacial score (nSPS) is 23.7. The van der Waals surface area contributed by atoms with Crippen molar-refractivity contribution in [3.8, 4) is 0 Å². The highest BCUT2D eigenvalue weighted by Gasteiger charge is 2.41. The summed E-state index contributed by atoms with van der Waals surface area (Å²) in [5.41, 5.74) is 3.34. The molecule has 154 valence electrons. The van der Waals surface area contributed by atoms with Crippen molar-refractivity contribution >= 4 is 17.3 Å². The van der Waals surface area contributed by atoms with E-state index in [9.17, 15) is 0 Å². The molecule has 1 N–H and O–H groups in total. The Balaban J connectivity index is 1.51. The van der Waals surface area contributed by atoms with E-state index < -0.39 is 0 Å². The zero-order chi connectivity index (χ0) is 20.3. The maximum atomic E-state index is 5.90. The minimum atomic E-state index is -0.0199. The van der Waals surface area contributed by atoms with Crippen molar-refractivity contribution in [3.63, 3.8) is 0 Å². The van der Waals surface area contributed by atoms with Gasteiger partial charge >= 0.3 is 0 Å². The summed E-state index contributed by atoms with van der Waals surface area (Å²) in [6, 6.07) is 14.4. The molecule has 0 amide bonds. The first-order valence-corrected chi connectivity index (χ1v) is 10.8. The number of hydrogen-bond donors (Lipinski definition) is 1. The lowest BCUT2D eigenvalue weighted by atomic mass is 10.0. The van der Waals surface area contributed by atoms with Gasteiger partial charge in [0, 0.05) is 50.2 Å². The van der Waals surface area contributed by atoms with E-state index in [0.29, 0.717) is 6.54 Å². The summed E-state index contributed by atoms with van der Waals surface area (Å²) < 4.78 is 8.22. The van der Waals surface area contributed by atoms with Gasteiger partial charge in [0.2, 0.25) is 0 Å². The second-order valence-corrected chi connectivity index (χ2v) is 8.22. The maximum Gasteiger partial charge on any atom is 0.170 e. The lowest BCUT2D eigenvalue weighted by molar-refractivity contribution is 0.0953. The minimum absolute atomic E-state index is 0.0199. The number of hydrogen-bond acceptors (Lipinski definition) is 4. The van der Waals surface area contributed by atoms with Gasteiger partial charge in [0.05, 0.1) is 23.9 Å². The van der Waals surface area contributed by atoms with Crippen LogP contribution in [0.5, 0.6) is 0 Å². The summed E-state index contributed by atoms with van der Waals surface area (Å²) in [6.45, 7) is 2.42. The molecule has 7 heteroatoms. The van der Waals surface area contributed by atoms with Gasteiger partial charge in [-0.25, -0.2) is 0 Å². The first-order chi connectivity index (χ1) is 14.8. The van der Waals surface area contributed by atoms with Gasteiger partial charge in [0.1, 0.15) is 0 Å². The lowest BCUT2D eigenvalue weighted by Gasteiger charge is -2.29. The molecule has 30 heavy (non-hydrogen) atoms. The van der Waals surface area contributed by atoms with E-state index in [2.05, 4.69) is 55.2 Å². The summed E-state index contributed by atoms with van der Waals surface area (Å²) in [4.78, 5) is 11.2. The third-order valence-electron chi connectivity index (χ3n) is 5.87. The molecular weight excluding hydrogens is 394 g/mol. The zero-order valence-corrected chi connectivity index (χ0v) is 17.5. The Morgan fingerprint density at radius 3 is 2.87 bits per heavy atom. The molecule has 0 radical (unpaired) electrons. The molecule has 3 atom stereocenters. The first-order valence-electron chi connectivity index (χ1n) is 10.4. The van der Waals surface area contributed by atoms with Crippen LogP contribution >= 0.6 is 12.2 Å². The Morgan fingerprint density at radius 1 is 1.13 bits per heavy atom. The minimum Gasteiger partial charge on any atom is -0.376 e. The lowest BCUT2D eigenvalue weighted by Crippen LogP contribution is -2.30. The van der Waals surface area contributed by atoms with Crippen molar-refractivity contribution < 1.29 is 4.74 Å². The van der Waals surface area contributed by atoms with E-state index in [0.717, 1.165) is 42.4 Å². The third kappa shape index (κ3) is 3.82. The fraction of sp³-hybridized carbons (Fsp3) is 0.348. The van der Waals surface area contributed by atoms with Crippen LogP contribution in [0.3, 0.4) is 0 Å². The summed E-state index contributed by atoms with van der Waals surface area (Å²) in [5, 5.41) is 4.27. The molecule has 2 aliphatic rings. The van der Waals surface area contributed by atoms with Crippen molar-refractivity contribution in [1.29, 1.82) is 0 Å². The van der Waals surface area contributed by atoms with E-state index >= 15 is 0 Å². The number of pyridine rings is 2. The molecule has 0 bridgehead atoms. The zero-order valence-electron chi connectivity index (χ0n) is 16.7. The maximum absolute atomic E-state index is 5.90. The molecule has 6 nitrogen and oxygen atoms in total. The fourth-order valence-electron chi connectivity index (χ4n) is 4.46. The second kappa shape index (κ2) is 8.53. The van der Waals surface area contributed by atoms with Gasteiger partial charge in [-0.3, -0.25) is 9.97 Å². The summed E-state index contributed by atoms with van der Waals surface area (Å²) in [7, 11) is 0. The highest BCUT2D eigenvalue weighted by molar-refractivity contribution is 7.80. The Labute approximate surface area is 181 Å². The van der Waals surface area contributed by atoms with Crippen LogP contribution in [0.15, 0.2) is 67.3 Å². The van der Waals surface area contributed by atoms with Gasteiger partial charge in [-0.05, 0) is 61.0 Å². The molecule has 2 saturated heterocycles. The van der Waals surface area contributed by atoms with Crippen LogP contribution < -0.4 is 5.32 Å². The SMILES string of the molecule is S=C1N[C@H](c2ccccn2)[C@@H](c2cccn2C[C@H]2CCCO2)N1Cc1cccnc1. The number of aromatic nitrogens is 3. The molecule has 3 aromatic rings. The van der Waals surface area contributed by atoms with Crippen molar-refractivity contribution in [2.75, 3.05) is 6.61 Å². The molecule has 5 rings (SSSR count). The van der Waals surface area contributed by atoms with E-state index in [4.69, 9.17) is 17.0 Å². The summed E-state index contributed by atoms with van der Waals surface area (Å²) in [5.74, 6) is 0. The predicted molar refractivity (Wildman–Crippen MR) is 119 cm³/mol. The first kappa shape index (κ1) is 19.2. The third-order valence-corrected chi connectivity index (χ3v) is 6.22. The van der Waals surface area contributed by atoms with E-state index in [1.54, 1.807) is 6.20 Å². The van der Waals surface area contributed by atoms with Gasteiger partial charge in [0.25, 0.3) is 0 Å². The van der Waals surface area contributed by atoms with Crippen LogP contribution in [0.25, 0.3) is 0 Å². The van der Waals surface area contributed by atoms with Gasteiger partial charge in [-0.2, -0.15) is 0 Å². The van der Waals surface area contributed by atoms with Gasteiger partial charge < -0.3 is 19.5 Å². The van der Waals surface area contributed by atoms with E-state index in [1.165, 1.54) is 5.69 Å². The summed E-state index contributed by atoms with van der Waals surface area (Å²) in [6.07, 6.45) is 10.2. The number of rotatable bonds is 6. The van der Waals surface area contributed by atoms with Crippen molar-refractivity contribution in [1.82, 2.24) is 24.8 Å². The molecule has 0 aromatic carbocycles. The molecule has 0 spiro atoms. The summed E-state index contributed by atoms with van der Waals surface area (Å²) >= 11 is 5.79. The molecular formula is C23H25N5OS. The Hall–Kier alpha value is -2.77. The number of nitrogens with one attached hydrogen (secondary N) is 1. The highest BCUT2D eigenvalue weighted by Crippen LogP contribution is 2.39. The van der Waals surface area contributed by atoms with Crippen LogP contribution in [0, 0.1) is 0 Å². The molecule has 0 saturated carbocycles. The van der Waals surface area contributed by atoms with Crippen LogP contribution in [0.4, 0.5) is 0 Å². The Kier molecular flexibility index (Phi) is 5.46. The average molecular weight is 420 g/mol. The molecule has 2 aliphatic heterocycles. The van der Waals surface area contributed by atoms with Crippen molar-refractivity contribution in [2.45, 2.75) is 44.1 Å². The number of ether oxygens (including phenoxy) is 1. The Morgan fingerprint density at radius 2 is 2.10 bits per heavy atom. The smallest absolute Gasteiger partial charge is 0.170 e. The quantitative estimate of drug-likeness (QED) is 0.616. The second-order valence-electron chi connectivity index (χ2n) is 7.84. The topological polar surface area (TPSA) is 55.2 Å². The molecule has 5 heterocycles. The standard InChI is InChI=1S/C23H25N5OS/c30-23-26-21(19-8-1-2-11-25-19)22(28(23)15-17-6-3-10-24-14-17)20-9-4-12-27(20)16-18-7-5-13-29-18/h1-4,6,8-12,14,18,21-22H,5,7,13,15-16H2,(H,26,30)/t18-,21-,22-/m1/s1. The fourth-order valence-corrected chi connectivity index (χ4v) is 4.76. The molecule has 2 fully saturated rings. The van der Waals surface area contributed by atoms with Gasteiger partial charge in [-0.15, -0.1) is 0 Å². The van der Waals surface area contributed by atoms with Gasteiger partial charge in [0.15, 0.2) is 5.11 Å².